The first-order chi connectivity index (χ1) is 2.27. The summed E-state index contributed by atoms with van der Waals surface area (Å²) in [6.45, 7) is 2.96. The van der Waals surface area contributed by atoms with Gasteiger partial charge in [-0.15, -0.1) is 0 Å². The second-order valence-corrected chi connectivity index (χ2v) is 0.542. The topological polar surface area (TPSA) is 37.3 Å². The fourth-order valence-electron chi connectivity index (χ4n) is 0. The van der Waals surface area contributed by atoms with Crippen molar-refractivity contribution in [1.82, 2.24) is 0 Å². The molecule has 0 aromatic rings. The summed E-state index contributed by atoms with van der Waals surface area (Å²) in [4.78, 5) is 9.25. The van der Waals surface area contributed by atoms with E-state index in [4.69, 9.17) is 5.11 Å². The van der Waals surface area contributed by atoms with E-state index in [1.807, 2.05) is 0 Å². The summed E-state index contributed by atoms with van der Waals surface area (Å²) >= 11 is 0. The summed E-state index contributed by atoms with van der Waals surface area (Å²) in [7, 11) is 0. The third kappa shape index (κ3) is 18.1. The van der Waals surface area contributed by atoms with Gasteiger partial charge >= 0.3 is 86.9 Å². The van der Waals surface area contributed by atoms with Crippen LogP contribution in [0.5, 0.6) is 0 Å². The van der Waals surface area contributed by atoms with Crippen LogP contribution >= 0.6 is 0 Å². The van der Waals surface area contributed by atoms with Gasteiger partial charge in [0, 0.05) is 6.08 Å². The fraction of sp³-hybridized carbons (Fsp3) is 0. The van der Waals surface area contributed by atoms with Crippen LogP contribution < -0.4 is 0 Å². The third-order valence-corrected chi connectivity index (χ3v) is 0.175. The third-order valence-electron chi connectivity index (χ3n) is 0.175. The van der Waals surface area contributed by atoms with Gasteiger partial charge in [-0.25, -0.2) is 4.79 Å². The number of carboxylic acid groups (broad SMARTS) is 1. The first-order valence-corrected chi connectivity index (χ1v) is 1.12. The van der Waals surface area contributed by atoms with Gasteiger partial charge < -0.3 is 5.11 Å². The molecule has 0 aromatic carbocycles. The van der Waals surface area contributed by atoms with Crippen LogP contribution in [0.2, 0.25) is 0 Å². The Morgan fingerprint density at radius 3 is 1.86 bits per heavy atom. The predicted molar refractivity (Wildman–Crippen MR) is 32.1 cm³/mol. The molecule has 4 heteroatoms. The summed E-state index contributed by atoms with van der Waals surface area (Å²) in [5, 5.41) is 7.60. The van der Waals surface area contributed by atoms with Crippen LogP contribution in [0.3, 0.4) is 0 Å². The van der Waals surface area contributed by atoms with Crippen LogP contribution in [0.25, 0.3) is 0 Å². The second-order valence-electron chi connectivity index (χ2n) is 0.542. The van der Waals surface area contributed by atoms with Crippen molar-refractivity contribution in [1.29, 1.82) is 0 Å². The van der Waals surface area contributed by atoms with E-state index in [0.717, 1.165) is 6.08 Å². The summed E-state index contributed by atoms with van der Waals surface area (Å²) in [6.07, 6.45) is 0.833. The van der Waals surface area contributed by atoms with Crippen molar-refractivity contribution in [2.45, 2.75) is 0 Å². The molecule has 0 aliphatic rings. The number of aliphatic carboxylic acids is 1. The Bertz CT molecular complexity index is 64.0. The molecule has 0 amide bonds. The zero-order valence-electron chi connectivity index (χ0n) is 2.64. The molecular formula is C3H6KNaO2. The SMILES string of the molecule is C=CC(=O)O.[KH].[NaH]. The molecule has 7 heavy (non-hydrogen) atoms. The van der Waals surface area contributed by atoms with Crippen molar-refractivity contribution in [2.75, 3.05) is 0 Å². The first-order valence-electron chi connectivity index (χ1n) is 1.12. The van der Waals surface area contributed by atoms with E-state index in [0.29, 0.717) is 0 Å². The van der Waals surface area contributed by atoms with E-state index < -0.39 is 5.97 Å². The summed E-state index contributed by atoms with van der Waals surface area (Å²) in [5.41, 5.74) is 0. The molecule has 0 aliphatic heterocycles. The molecule has 1 N–H and O–H groups in total. The molecule has 0 spiro atoms. The number of hydrogen-bond donors (Lipinski definition) is 1. The van der Waals surface area contributed by atoms with Gasteiger partial charge in [-0.1, -0.05) is 6.58 Å². The van der Waals surface area contributed by atoms with E-state index in [1.54, 1.807) is 0 Å². The van der Waals surface area contributed by atoms with Gasteiger partial charge in [0.15, 0.2) is 0 Å². The van der Waals surface area contributed by atoms with Gasteiger partial charge in [-0.2, -0.15) is 0 Å². The second kappa shape index (κ2) is 10.8. The van der Waals surface area contributed by atoms with Gasteiger partial charge in [0.2, 0.25) is 0 Å². The molecule has 0 saturated heterocycles. The maximum absolute atomic E-state index is 9.25. The zero-order chi connectivity index (χ0) is 4.28. The van der Waals surface area contributed by atoms with E-state index in [2.05, 4.69) is 6.58 Å². The molecule has 0 atom stereocenters. The molecule has 0 saturated carbocycles. The van der Waals surface area contributed by atoms with Crippen LogP contribution in [0.4, 0.5) is 0 Å². The number of rotatable bonds is 1. The number of hydrogen-bond acceptors (Lipinski definition) is 1. The first kappa shape index (κ1) is 15.9. The quantitative estimate of drug-likeness (QED) is 0.369. The van der Waals surface area contributed by atoms with Gasteiger partial charge in [0.25, 0.3) is 0 Å². The van der Waals surface area contributed by atoms with E-state index in [9.17, 15) is 4.79 Å². The van der Waals surface area contributed by atoms with Crippen molar-refractivity contribution in [3.05, 3.63) is 12.7 Å². The Morgan fingerprint density at radius 1 is 1.71 bits per heavy atom. The Morgan fingerprint density at radius 2 is 1.86 bits per heavy atom. The molecule has 0 fully saturated rings. The van der Waals surface area contributed by atoms with Crippen LogP contribution in [-0.4, -0.2) is 92.0 Å². The fourth-order valence-corrected chi connectivity index (χ4v) is 0. The van der Waals surface area contributed by atoms with Crippen molar-refractivity contribution in [2.24, 2.45) is 0 Å². The van der Waals surface area contributed by atoms with Gasteiger partial charge in [0.05, 0.1) is 0 Å². The molecule has 0 unspecified atom stereocenters. The van der Waals surface area contributed by atoms with Crippen molar-refractivity contribution < 1.29 is 9.90 Å². The van der Waals surface area contributed by atoms with Crippen molar-refractivity contribution in [3.8, 4) is 0 Å². The normalized spacial score (nSPS) is 4.57. The molecule has 0 bridgehead atoms. The van der Waals surface area contributed by atoms with Gasteiger partial charge in [0.1, 0.15) is 0 Å². The maximum atomic E-state index is 9.25. The van der Waals surface area contributed by atoms with E-state index in [-0.39, 0.29) is 80.9 Å². The molecule has 2 nitrogen and oxygen atoms in total. The standard InChI is InChI=1S/C3H4O2.K.Na.2H/c1-2-3(4)5;;;;/h2H,1H2,(H,4,5);;;;. The molecule has 0 radical (unpaired) electrons. The number of carboxylic acids is 1. The zero-order valence-corrected chi connectivity index (χ0v) is 2.64. The summed E-state index contributed by atoms with van der Waals surface area (Å²) in [6, 6.07) is 0. The molecular weight excluding hydrogens is 130 g/mol. The average Bonchev–Trinajstić information content (AvgIpc) is 1.38. The Hall–Kier alpha value is 1.85. The van der Waals surface area contributed by atoms with Gasteiger partial charge in [-0.3, -0.25) is 0 Å². The monoisotopic (exact) mass is 136 g/mol. The summed E-state index contributed by atoms with van der Waals surface area (Å²) < 4.78 is 0. The predicted octanol–water partition coefficient (Wildman–Crippen LogP) is -1.04. The summed E-state index contributed by atoms with van der Waals surface area (Å²) in [5.74, 6) is -0.981. The molecule has 32 valence electrons. The molecule has 0 aliphatic carbocycles. The molecule has 0 aromatic heterocycles. The average molecular weight is 136 g/mol. The van der Waals surface area contributed by atoms with Crippen LogP contribution in [0.15, 0.2) is 12.7 Å². The molecule has 0 heterocycles. The van der Waals surface area contributed by atoms with E-state index >= 15 is 0 Å². The van der Waals surface area contributed by atoms with Crippen molar-refractivity contribution >= 4 is 86.9 Å². The van der Waals surface area contributed by atoms with Crippen molar-refractivity contribution in [3.63, 3.8) is 0 Å². The van der Waals surface area contributed by atoms with Crippen LogP contribution in [0.1, 0.15) is 0 Å². The minimum atomic E-state index is -0.981. The van der Waals surface area contributed by atoms with Gasteiger partial charge in [-0.05, 0) is 0 Å². The Balaban J connectivity index is -0.0000000800. The van der Waals surface area contributed by atoms with Crippen LogP contribution in [-0.2, 0) is 4.79 Å². The minimum absolute atomic E-state index is 0. The Labute approximate surface area is 107 Å². The molecule has 0 rings (SSSR count). The number of carbonyl (C=O) groups is 1. The Kier molecular flexibility index (Phi) is 24.5. The van der Waals surface area contributed by atoms with Crippen LogP contribution in [0, 0.1) is 0 Å². The van der Waals surface area contributed by atoms with E-state index in [1.165, 1.54) is 0 Å².